The van der Waals surface area contributed by atoms with E-state index in [0.29, 0.717) is 24.4 Å². The van der Waals surface area contributed by atoms with Crippen molar-refractivity contribution in [3.63, 3.8) is 0 Å². The monoisotopic (exact) mass is 266 g/mol. The van der Waals surface area contributed by atoms with Gasteiger partial charge in [0.25, 0.3) is 0 Å². The van der Waals surface area contributed by atoms with Crippen molar-refractivity contribution >= 4 is 11.8 Å². The number of fused-ring (bicyclic) bond motifs is 1. The standard InChI is InChI=1S/C15H22O2S/c1-12(2)10-16-7-8-17-11-14-9-13-5-3-4-6-15(13)18-14/h3-6,12,14H,7-11H2,1-2H3. The predicted molar refractivity (Wildman–Crippen MR) is 76.3 cm³/mol. The Bertz CT molecular complexity index is 340. The average molecular weight is 266 g/mol. The minimum atomic E-state index is 0.576. The first-order valence-corrected chi connectivity index (χ1v) is 7.53. The summed E-state index contributed by atoms with van der Waals surface area (Å²) in [6.45, 7) is 7.39. The Morgan fingerprint density at radius 3 is 2.78 bits per heavy atom. The average Bonchev–Trinajstić information content (AvgIpc) is 2.75. The van der Waals surface area contributed by atoms with Crippen molar-refractivity contribution in [1.82, 2.24) is 0 Å². The molecule has 1 aromatic carbocycles. The number of thioether (sulfide) groups is 1. The molecule has 1 atom stereocenters. The first-order valence-electron chi connectivity index (χ1n) is 6.65. The highest BCUT2D eigenvalue weighted by Gasteiger charge is 2.21. The van der Waals surface area contributed by atoms with Gasteiger partial charge in [-0.05, 0) is 24.0 Å². The van der Waals surface area contributed by atoms with Gasteiger partial charge in [0.2, 0.25) is 0 Å². The highest BCUT2D eigenvalue weighted by molar-refractivity contribution is 8.00. The van der Waals surface area contributed by atoms with Crippen molar-refractivity contribution in [3.8, 4) is 0 Å². The summed E-state index contributed by atoms with van der Waals surface area (Å²) in [7, 11) is 0. The number of ether oxygens (including phenoxy) is 2. The minimum absolute atomic E-state index is 0.576. The van der Waals surface area contributed by atoms with Crippen LogP contribution in [0.2, 0.25) is 0 Å². The summed E-state index contributed by atoms with van der Waals surface area (Å²) in [6, 6.07) is 8.64. The molecule has 0 aromatic heterocycles. The molecule has 1 aliphatic heterocycles. The lowest BCUT2D eigenvalue weighted by atomic mass is 10.1. The summed E-state index contributed by atoms with van der Waals surface area (Å²) in [5.74, 6) is 0.602. The molecule has 0 N–H and O–H groups in total. The van der Waals surface area contributed by atoms with Gasteiger partial charge in [-0.25, -0.2) is 0 Å². The summed E-state index contributed by atoms with van der Waals surface area (Å²) in [5.41, 5.74) is 1.46. The van der Waals surface area contributed by atoms with Gasteiger partial charge in [-0.2, -0.15) is 0 Å². The van der Waals surface area contributed by atoms with E-state index in [-0.39, 0.29) is 0 Å². The van der Waals surface area contributed by atoms with Crippen LogP contribution in [0.25, 0.3) is 0 Å². The quantitative estimate of drug-likeness (QED) is 0.705. The molecule has 0 saturated carbocycles. The van der Waals surface area contributed by atoms with Crippen LogP contribution in [0.15, 0.2) is 29.2 Å². The molecule has 0 spiro atoms. The molecule has 0 radical (unpaired) electrons. The SMILES string of the molecule is CC(C)COCCOCC1Cc2ccccc2S1. The number of hydrogen-bond donors (Lipinski definition) is 0. The van der Waals surface area contributed by atoms with E-state index in [0.717, 1.165) is 19.6 Å². The van der Waals surface area contributed by atoms with E-state index in [1.165, 1.54) is 10.5 Å². The molecule has 2 nitrogen and oxygen atoms in total. The maximum atomic E-state index is 5.68. The molecule has 0 aliphatic carbocycles. The lowest BCUT2D eigenvalue weighted by Gasteiger charge is -2.10. The predicted octanol–water partition coefficient (Wildman–Crippen LogP) is 3.39. The van der Waals surface area contributed by atoms with Gasteiger partial charge in [-0.1, -0.05) is 32.0 Å². The van der Waals surface area contributed by atoms with Gasteiger partial charge in [0.05, 0.1) is 19.8 Å². The molecule has 18 heavy (non-hydrogen) atoms. The Morgan fingerprint density at radius 2 is 2.00 bits per heavy atom. The van der Waals surface area contributed by atoms with E-state index >= 15 is 0 Å². The van der Waals surface area contributed by atoms with E-state index < -0.39 is 0 Å². The molecule has 0 fully saturated rings. The van der Waals surface area contributed by atoms with Gasteiger partial charge in [-0.3, -0.25) is 0 Å². The summed E-state index contributed by atoms with van der Waals surface area (Å²) in [4.78, 5) is 1.42. The molecule has 1 heterocycles. The van der Waals surface area contributed by atoms with E-state index in [4.69, 9.17) is 9.47 Å². The maximum absolute atomic E-state index is 5.68. The van der Waals surface area contributed by atoms with Crippen molar-refractivity contribution in [2.75, 3.05) is 26.4 Å². The van der Waals surface area contributed by atoms with Crippen molar-refractivity contribution in [2.24, 2.45) is 5.92 Å². The molecule has 0 bridgehead atoms. The molecule has 1 unspecified atom stereocenters. The molecule has 1 aromatic rings. The van der Waals surface area contributed by atoms with Gasteiger partial charge < -0.3 is 9.47 Å². The fourth-order valence-electron chi connectivity index (χ4n) is 2.00. The fourth-order valence-corrected chi connectivity index (χ4v) is 3.24. The molecule has 1 aliphatic rings. The number of benzene rings is 1. The molecule has 0 amide bonds. The summed E-state index contributed by atoms with van der Waals surface area (Å²) in [6.07, 6.45) is 1.13. The Morgan fingerprint density at radius 1 is 1.22 bits per heavy atom. The van der Waals surface area contributed by atoms with Gasteiger partial charge in [0.1, 0.15) is 0 Å². The Hall–Kier alpha value is -0.510. The third-order valence-corrected chi connectivity index (χ3v) is 4.13. The van der Waals surface area contributed by atoms with E-state index in [1.807, 2.05) is 11.8 Å². The van der Waals surface area contributed by atoms with Crippen LogP contribution in [0.4, 0.5) is 0 Å². The van der Waals surface area contributed by atoms with Crippen LogP contribution in [-0.4, -0.2) is 31.7 Å². The normalized spacial score (nSPS) is 18.3. The van der Waals surface area contributed by atoms with Gasteiger partial charge >= 0.3 is 0 Å². The lowest BCUT2D eigenvalue weighted by Crippen LogP contribution is -2.15. The smallest absolute Gasteiger partial charge is 0.0701 e. The molecular weight excluding hydrogens is 244 g/mol. The van der Waals surface area contributed by atoms with Gasteiger partial charge in [0.15, 0.2) is 0 Å². The largest absolute Gasteiger partial charge is 0.379 e. The zero-order chi connectivity index (χ0) is 12.8. The van der Waals surface area contributed by atoms with Crippen molar-refractivity contribution < 1.29 is 9.47 Å². The molecule has 100 valence electrons. The maximum Gasteiger partial charge on any atom is 0.0701 e. The van der Waals surface area contributed by atoms with Crippen molar-refractivity contribution in [2.45, 2.75) is 30.4 Å². The second-order valence-electron chi connectivity index (χ2n) is 5.10. The zero-order valence-corrected chi connectivity index (χ0v) is 12.0. The van der Waals surface area contributed by atoms with Crippen molar-refractivity contribution in [3.05, 3.63) is 29.8 Å². The highest BCUT2D eigenvalue weighted by atomic mass is 32.2. The Labute approximate surface area is 114 Å². The highest BCUT2D eigenvalue weighted by Crippen LogP contribution is 2.36. The van der Waals surface area contributed by atoms with E-state index in [2.05, 4.69) is 38.1 Å². The number of hydrogen-bond acceptors (Lipinski definition) is 3. The Kier molecular flexibility index (Phi) is 5.54. The molecule has 0 saturated heterocycles. The first kappa shape index (κ1) is 13.9. The third kappa shape index (κ3) is 4.30. The minimum Gasteiger partial charge on any atom is -0.379 e. The van der Waals surface area contributed by atoms with Crippen LogP contribution < -0.4 is 0 Å². The fraction of sp³-hybridized carbons (Fsp3) is 0.600. The topological polar surface area (TPSA) is 18.5 Å². The number of rotatable bonds is 7. The van der Waals surface area contributed by atoms with E-state index in [9.17, 15) is 0 Å². The van der Waals surface area contributed by atoms with Crippen LogP contribution in [-0.2, 0) is 15.9 Å². The van der Waals surface area contributed by atoms with Crippen LogP contribution in [0.5, 0.6) is 0 Å². The lowest BCUT2D eigenvalue weighted by molar-refractivity contribution is 0.0384. The Balaban J connectivity index is 1.57. The van der Waals surface area contributed by atoms with Gasteiger partial charge in [-0.15, -0.1) is 11.8 Å². The van der Waals surface area contributed by atoms with Crippen LogP contribution >= 0.6 is 11.8 Å². The zero-order valence-electron chi connectivity index (χ0n) is 11.2. The van der Waals surface area contributed by atoms with Crippen molar-refractivity contribution in [1.29, 1.82) is 0 Å². The van der Waals surface area contributed by atoms with Gasteiger partial charge in [0, 0.05) is 16.8 Å². The van der Waals surface area contributed by atoms with Crippen LogP contribution in [0.3, 0.4) is 0 Å². The van der Waals surface area contributed by atoms with Crippen LogP contribution in [0, 0.1) is 5.92 Å². The summed E-state index contributed by atoms with van der Waals surface area (Å²) < 4.78 is 11.2. The first-order chi connectivity index (χ1) is 8.75. The molecule has 2 rings (SSSR count). The summed E-state index contributed by atoms with van der Waals surface area (Å²) >= 11 is 1.94. The van der Waals surface area contributed by atoms with E-state index in [1.54, 1.807) is 0 Å². The second kappa shape index (κ2) is 7.17. The summed E-state index contributed by atoms with van der Waals surface area (Å²) in [5, 5.41) is 0.576. The van der Waals surface area contributed by atoms with Crippen LogP contribution in [0.1, 0.15) is 19.4 Å². The molecular formula is C15H22O2S. The molecule has 3 heteroatoms. The third-order valence-electron chi connectivity index (χ3n) is 2.84. The second-order valence-corrected chi connectivity index (χ2v) is 6.44.